The molecule has 0 radical (unpaired) electrons. The zero-order chi connectivity index (χ0) is 26.9. The van der Waals surface area contributed by atoms with Gasteiger partial charge in [0, 0.05) is 9.92 Å². The average molecular weight is 592 g/mol. The minimum atomic E-state index is -3.94. The summed E-state index contributed by atoms with van der Waals surface area (Å²) in [7, 11) is -7.77. The zero-order valence-corrected chi connectivity index (χ0v) is 22.9. The lowest BCUT2D eigenvalue weighted by Gasteiger charge is -2.25. The summed E-state index contributed by atoms with van der Waals surface area (Å²) in [5, 5.41) is 12.7. The molecule has 10 nitrogen and oxygen atoms in total. The van der Waals surface area contributed by atoms with Crippen LogP contribution in [0.2, 0.25) is 5.02 Å². The molecule has 1 aliphatic heterocycles. The standard InChI is InChI=1S/C24H22ClN5O5S3/c25-19-9-6-16(7-10-19)15-37(31,32)30-20-11-8-18(17-4-2-1-3-5-17)12-21(20)36-24(30)13-22-28-29-23(35-22)14-27-38(26,33)34/h1-12,24,27H,13-15H2,(H2,26,33,34). The number of rotatable bonds is 9. The van der Waals surface area contributed by atoms with Crippen LogP contribution >= 0.6 is 23.4 Å². The van der Waals surface area contributed by atoms with Crippen molar-refractivity contribution >= 4 is 49.3 Å². The number of halogens is 1. The zero-order valence-electron chi connectivity index (χ0n) is 19.7. The molecule has 0 aliphatic carbocycles. The van der Waals surface area contributed by atoms with Crippen LogP contribution in [0.25, 0.3) is 11.1 Å². The third-order valence-corrected chi connectivity index (χ3v) is 9.58. The first-order valence-corrected chi connectivity index (χ1v) is 15.7. The van der Waals surface area contributed by atoms with E-state index in [2.05, 4.69) is 14.9 Å². The third-order valence-electron chi connectivity index (χ3n) is 5.67. The first kappa shape index (κ1) is 26.7. The van der Waals surface area contributed by atoms with Gasteiger partial charge in [0.15, 0.2) is 0 Å². The Balaban J connectivity index is 1.46. The van der Waals surface area contributed by atoms with Crippen LogP contribution in [0.15, 0.2) is 82.1 Å². The normalized spacial score (nSPS) is 15.5. The molecule has 0 saturated carbocycles. The number of benzene rings is 3. The Kier molecular flexibility index (Phi) is 7.49. The highest BCUT2D eigenvalue weighted by molar-refractivity contribution is 8.02. The number of hydrogen-bond donors (Lipinski definition) is 2. The minimum absolute atomic E-state index is 0.0106. The fourth-order valence-electron chi connectivity index (χ4n) is 4.02. The van der Waals surface area contributed by atoms with Crippen molar-refractivity contribution in [3.05, 3.63) is 95.2 Å². The van der Waals surface area contributed by atoms with Gasteiger partial charge in [0.25, 0.3) is 10.2 Å². The van der Waals surface area contributed by atoms with Crippen LogP contribution in [0.5, 0.6) is 0 Å². The monoisotopic (exact) mass is 591 g/mol. The van der Waals surface area contributed by atoms with Crippen LogP contribution in [0.1, 0.15) is 17.3 Å². The number of anilines is 1. The van der Waals surface area contributed by atoms with Gasteiger partial charge in [-0.3, -0.25) is 4.31 Å². The van der Waals surface area contributed by atoms with Crippen LogP contribution in [-0.2, 0) is 39.0 Å². The Morgan fingerprint density at radius 3 is 2.37 bits per heavy atom. The molecule has 0 bridgehead atoms. The molecule has 198 valence electrons. The first-order chi connectivity index (χ1) is 18.1. The Morgan fingerprint density at radius 2 is 1.66 bits per heavy atom. The fourth-order valence-corrected chi connectivity index (χ4v) is 7.90. The number of nitrogens with zero attached hydrogens (tertiary/aromatic N) is 3. The van der Waals surface area contributed by atoms with Gasteiger partial charge in [-0.05, 0) is 41.0 Å². The summed E-state index contributed by atoms with van der Waals surface area (Å²) in [6.45, 7) is -0.275. The number of nitrogens with one attached hydrogen (secondary N) is 1. The van der Waals surface area contributed by atoms with E-state index in [1.54, 1.807) is 30.3 Å². The van der Waals surface area contributed by atoms with Crippen LogP contribution in [-0.4, -0.2) is 32.4 Å². The van der Waals surface area contributed by atoms with Gasteiger partial charge in [0.05, 0.1) is 24.4 Å². The van der Waals surface area contributed by atoms with Gasteiger partial charge in [-0.15, -0.1) is 10.2 Å². The lowest BCUT2D eigenvalue weighted by Crippen LogP contribution is -2.37. The van der Waals surface area contributed by atoms with Crippen LogP contribution in [0.4, 0.5) is 5.69 Å². The van der Waals surface area contributed by atoms with Gasteiger partial charge in [0.2, 0.25) is 21.8 Å². The molecular formula is C24H22ClN5O5S3. The van der Waals surface area contributed by atoms with Crippen LogP contribution < -0.4 is 14.2 Å². The van der Waals surface area contributed by atoms with Gasteiger partial charge in [-0.25, -0.2) is 13.6 Å². The average Bonchev–Trinajstić information content (AvgIpc) is 3.48. The van der Waals surface area contributed by atoms with E-state index in [0.717, 1.165) is 16.0 Å². The number of hydrogen-bond acceptors (Lipinski definition) is 8. The maximum absolute atomic E-state index is 13.7. The third kappa shape index (κ3) is 6.20. The molecule has 5 rings (SSSR count). The molecule has 4 aromatic rings. The van der Waals surface area contributed by atoms with E-state index in [1.807, 2.05) is 42.5 Å². The van der Waals surface area contributed by atoms with Crippen molar-refractivity contribution in [1.82, 2.24) is 14.9 Å². The van der Waals surface area contributed by atoms with Crippen molar-refractivity contribution in [1.29, 1.82) is 0 Å². The lowest BCUT2D eigenvalue weighted by molar-refractivity contribution is 0.442. The molecule has 3 aromatic carbocycles. The van der Waals surface area contributed by atoms with Gasteiger partial charge in [-0.2, -0.15) is 13.1 Å². The Bertz CT molecular complexity index is 1660. The van der Waals surface area contributed by atoms with E-state index in [4.69, 9.17) is 21.2 Å². The van der Waals surface area contributed by atoms with Crippen molar-refractivity contribution in [2.24, 2.45) is 5.14 Å². The van der Waals surface area contributed by atoms with E-state index in [9.17, 15) is 16.8 Å². The summed E-state index contributed by atoms with van der Waals surface area (Å²) in [6, 6.07) is 22.1. The predicted molar refractivity (Wildman–Crippen MR) is 146 cm³/mol. The van der Waals surface area contributed by atoms with E-state index in [-0.39, 0.29) is 30.5 Å². The molecule has 1 atom stereocenters. The molecule has 3 N–H and O–H groups in total. The van der Waals surface area contributed by atoms with E-state index < -0.39 is 25.6 Å². The maximum Gasteiger partial charge on any atom is 0.274 e. The molecule has 0 amide bonds. The summed E-state index contributed by atoms with van der Waals surface area (Å²) < 4.78 is 58.9. The molecule has 1 aromatic heterocycles. The van der Waals surface area contributed by atoms with Gasteiger partial charge >= 0.3 is 0 Å². The molecule has 0 fully saturated rings. The largest absolute Gasteiger partial charge is 0.424 e. The summed E-state index contributed by atoms with van der Waals surface area (Å²) in [6.07, 6.45) is 0.0994. The second-order valence-corrected chi connectivity index (χ2v) is 13.3. The van der Waals surface area contributed by atoms with Crippen molar-refractivity contribution in [2.45, 2.75) is 29.0 Å². The van der Waals surface area contributed by atoms with Crippen molar-refractivity contribution in [2.75, 3.05) is 4.31 Å². The highest BCUT2D eigenvalue weighted by atomic mass is 35.5. The van der Waals surface area contributed by atoms with Crippen LogP contribution in [0, 0.1) is 0 Å². The predicted octanol–water partition coefficient (Wildman–Crippen LogP) is 3.69. The smallest absolute Gasteiger partial charge is 0.274 e. The number of nitrogens with two attached hydrogens (primary N) is 1. The van der Waals surface area contributed by atoms with E-state index in [1.165, 1.54) is 16.1 Å². The summed E-state index contributed by atoms with van der Waals surface area (Å²) in [5.74, 6) is -0.0537. The van der Waals surface area contributed by atoms with E-state index >= 15 is 0 Å². The Morgan fingerprint density at radius 1 is 0.947 bits per heavy atom. The summed E-state index contributed by atoms with van der Waals surface area (Å²) in [5.41, 5.74) is 3.13. The van der Waals surface area contributed by atoms with Crippen LogP contribution in [0.3, 0.4) is 0 Å². The number of aromatic nitrogens is 2. The lowest BCUT2D eigenvalue weighted by atomic mass is 10.1. The van der Waals surface area contributed by atoms with Crippen molar-refractivity contribution in [3.8, 4) is 11.1 Å². The van der Waals surface area contributed by atoms with Crippen molar-refractivity contribution < 1.29 is 21.3 Å². The minimum Gasteiger partial charge on any atom is -0.424 e. The van der Waals surface area contributed by atoms with Gasteiger partial charge in [0.1, 0.15) is 5.37 Å². The van der Waals surface area contributed by atoms with E-state index in [0.29, 0.717) is 16.3 Å². The SMILES string of the molecule is NS(=O)(=O)NCc1nnc(CC2Sc3cc(-c4ccccc4)ccc3N2S(=O)(=O)Cc2ccc(Cl)cc2)o1. The molecule has 1 unspecified atom stereocenters. The molecule has 2 heterocycles. The Hall–Kier alpha value is -2.94. The highest BCUT2D eigenvalue weighted by Crippen LogP contribution is 2.48. The number of fused-ring (bicyclic) bond motifs is 1. The fraction of sp³-hybridized carbons (Fsp3) is 0.167. The maximum atomic E-state index is 13.7. The van der Waals surface area contributed by atoms with Crippen molar-refractivity contribution in [3.63, 3.8) is 0 Å². The topological polar surface area (TPSA) is 148 Å². The molecule has 1 aliphatic rings. The second-order valence-electron chi connectivity index (χ2n) is 8.46. The summed E-state index contributed by atoms with van der Waals surface area (Å²) in [4.78, 5) is 0.798. The number of sulfonamides is 1. The molecule has 0 saturated heterocycles. The highest BCUT2D eigenvalue weighted by Gasteiger charge is 2.39. The molecule has 0 spiro atoms. The molecule has 14 heteroatoms. The van der Waals surface area contributed by atoms with Gasteiger partial charge < -0.3 is 4.42 Å². The summed E-state index contributed by atoms with van der Waals surface area (Å²) >= 11 is 7.35. The first-order valence-electron chi connectivity index (χ1n) is 11.3. The van der Waals surface area contributed by atoms with Gasteiger partial charge in [-0.1, -0.05) is 71.9 Å². The second kappa shape index (κ2) is 10.7. The Labute approximate surface area is 229 Å². The quantitative estimate of drug-likeness (QED) is 0.299. The molecule has 38 heavy (non-hydrogen) atoms. The number of thioether (sulfide) groups is 1. The molecular weight excluding hydrogens is 570 g/mol.